The Bertz CT molecular complexity index is 1190. The second kappa shape index (κ2) is 8.14. The molecule has 4 rings (SSSR count). The van der Waals surface area contributed by atoms with Crippen LogP contribution in [0, 0.1) is 18.6 Å². The van der Waals surface area contributed by atoms with Crippen LogP contribution in [0.15, 0.2) is 39.9 Å². The first-order chi connectivity index (χ1) is 14.3. The molecule has 1 saturated heterocycles. The van der Waals surface area contributed by atoms with Gasteiger partial charge in [-0.2, -0.15) is 15.6 Å². The third-order valence-electron chi connectivity index (χ3n) is 4.80. The standard InChI is InChI=1S/C19H17F2N3O3S3/c1-12-17(29-18(22-12)13-4-9-28-11-13)19(25)23-5-7-24(8-6-23)30(26,27)16-3-2-14(20)10-15(16)21/h2-4,9-11H,5-8H2,1H3. The number of thiazole rings is 1. The molecule has 30 heavy (non-hydrogen) atoms. The van der Waals surface area contributed by atoms with Crippen LogP contribution in [0.4, 0.5) is 8.78 Å². The van der Waals surface area contributed by atoms with E-state index >= 15 is 0 Å². The summed E-state index contributed by atoms with van der Waals surface area (Å²) >= 11 is 2.86. The zero-order chi connectivity index (χ0) is 21.5. The van der Waals surface area contributed by atoms with Crippen LogP contribution in [0.2, 0.25) is 0 Å². The van der Waals surface area contributed by atoms with E-state index in [4.69, 9.17) is 0 Å². The van der Waals surface area contributed by atoms with Gasteiger partial charge in [0, 0.05) is 43.2 Å². The predicted octanol–water partition coefficient (Wildman–Crippen LogP) is 3.60. The molecule has 6 nitrogen and oxygen atoms in total. The van der Waals surface area contributed by atoms with Gasteiger partial charge in [-0.15, -0.1) is 11.3 Å². The maximum absolute atomic E-state index is 14.0. The lowest BCUT2D eigenvalue weighted by atomic mass is 10.3. The van der Waals surface area contributed by atoms with Crippen LogP contribution >= 0.6 is 22.7 Å². The Kier molecular flexibility index (Phi) is 5.71. The lowest BCUT2D eigenvalue weighted by Gasteiger charge is -2.33. The van der Waals surface area contributed by atoms with E-state index in [9.17, 15) is 22.0 Å². The van der Waals surface area contributed by atoms with Crippen molar-refractivity contribution in [3.8, 4) is 10.6 Å². The van der Waals surface area contributed by atoms with Gasteiger partial charge in [0.1, 0.15) is 26.4 Å². The maximum atomic E-state index is 14.0. The Morgan fingerprint density at radius 1 is 1.13 bits per heavy atom. The van der Waals surface area contributed by atoms with Gasteiger partial charge in [0.05, 0.1) is 5.69 Å². The number of thiophene rings is 1. The number of amides is 1. The molecule has 3 aromatic rings. The fraction of sp³-hybridized carbons (Fsp3) is 0.263. The number of nitrogens with zero attached hydrogens (tertiary/aromatic N) is 3. The monoisotopic (exact) mass is 469 g/mol. The topological polar surface area (TPSA) is 70.6 Å². The highest BCUT2D eigenvalue weighted by Crippen LogP contribution is 2.30. The van der Waals surface area contributed by atoms with E-state index in [0.29, 0.717) is 16.6 Å². The van der Waals surface area contributed by atoms with Gasteiger partial charge in [0.25, 0.3) is 5.91 Å². The number of aryl methyl sites for hydroxylation is 1. The average molecular weight is 470 g/mol. The Labute approximate surface area is 180 Å². The van der Waals surface area contributed by atoms with E-state index in [2.05, 4.69) is 4.98 Å². The molecule has 0 aliphatic carbocycles. The Balaban J connectivity index is 1.47. The third kappa shape index (κ3) is 3.89. The fourth-order valence-electron chi connectivity index (χ4n) is 3.20. The lowest BCUT2D eigenvalue weighted by molar-refractivity contribution is 0.0701. The van der Waals surface area contributed by atoms with Crippen LogP contribution in [-0.4, -0.2) is 54.7 Å². The predicted molar refractivity (Wildman–Crippen MR) is 111 cm³/mol. The van der Waals surface area contributed by atoms with Gasteiger partial charge in [-0.05, 0) is 30.5 Å². The molecule has 0 N–H and O–H groups in total. The molecule has 0 bridgehead atoms. The summed E-state index contributed by atoms with van der Waals surface area (Å²) in [6, 6.07) is 4.32. The number of aromatic nitrogens is 1. The van der Waals surface area contributed by atoms with Crippen molar-refractivity contribution in [1.29, 1.82) is 0 Å². The summed E-state index contributed by atoms with van der Waals surface area (Å²) in [7, 11) is -4.11. The summed E-state index contributed by atoms with van der Waals surface area (Å²) in [5, 5.41) is 4.67. The highest BCUT2D eigenvalue weighted by atomic mass is 32.2. The van der Waals surface area contributed by atoms with Gasteiger partial charge in [0.2, 0.25) is 10.0 Å². The summed E-state index contributed by atoms with van der Waals surface area (Å²) in [5.74, 6) is -2.17. The molecule has 3 heterocycles. The minimum Gasteiger partial charge on any atom is -0.335 e. The van der Waals surface area contributed by atoms with E-state index in [0.717, 1.165) is 27.0 Å². The van der Waals surface area contributed by atoms with Gasteiger partial charge in [0.15, 0.2) is 0 Å². The van der Waals surface area contributed by atoms with Gasteiger partial charge in [-0.3, -0.25) is 4.79 Å². The summed E-state index contributed by atoms with van der Waals surface area (Å²) in [4.78, 5) is 19.0. The van der Waals surface area contributed by atoms with E-state index in [1.807, 2.05) is 16.8 Å². The van der Waals surface area contributed by atoms with Gasteiger partial charge in [-0.25, -0.2) is 22.2 Å². The lowest BCUT2D eigenvalue weighted by Crippen LogP contribution is -2.50. The Morgan fingerprint density at radius 2 is 1.87 bits per heavy atom. The van der Waals surface area contributed by atoms with Crippen molar-refractivity contribution in [2.24, 2.45) is 0 Å². The number of benzene rings is 1. The Hall–Kier alpha value is -2.21. The SMILES string of the molecule is Cc1nc(-c2ccsc2)sc1C(=O)N1CCN(S(=O)(=O)c2ccc(F)cc2F)CC1. The average Bonchev–Trinajstić information content (AvgIpc) is 3.37. The number of sulfonamides is 1. The Morgan fingerprint density at radius 3 is 2.50 bits per heavy atom. The summed E-state index contributed by atoms with van der Waals surface area (Å²) in [6.07, 6.45) is 0. The van der Waals surface area contributed by atoms with Crippen molar-refractivity contribution < 1.29 is 22.0 Å². The molecule has 0 unspecified atom stereocenters. The minimum absolute atomic E-state index is 0.0279. The first kappa shape index (κ1) is 21.0. The van der Waals surface area contributed by atoms with Crippen molar-refractivity contribution in [1.82, 2.24) is 14.2 Å². The van der Waals surface area contributed by atoms with Crippen molar-refractivity contribution in [2.45, 2.75) is 11.8 Å². The highest BCUT2D eigenvalue weighted by molar-refractivity contribution is 7.89. The molecule has 1 fully saturated rings. The number of piperazine rings is 1. The van der Waals surface area contributed by atoms with Crippen LogP contribution in [0.5, 0.6) is 0 Å². The largest absolute Gasteiger partial charge is 0.335 e. The molecule has 1 aromatic carbocycles. The van der Waals surface area contributed by atoms with Crippen molar-refractivity contribution in [2.75, 3.05) is 26.2 Å². The van der Waals surface area contributed by atoms with E-state index in [-0.39, 0.29) is 32.1 Å². The maximum Gasteiger partial charge on any atom is 0.265 e. The molecule has 2 aromatic heterocycles. The molecule has 11 heteroatoms. The first-order valence-corrected chi connectivity index (χ1v) is 12.2. The van der Waals surface area contributed by atoms with Gasteiger partial charge < -0.3 is 4.90 Å². The quantitative estimate of drug-likeness (QED) is 0.585. The van der Waals surface area contributed by atoms with Crippen molar-refractivity contribution in [3.63, 3.8) is 0 Å². The number of carbonyl (C=O) groups excluding carboxylic acids is 1. The van der Waals surface area contributed by atoms with Crippen molar-refractivity contribution in [3.05, 3.63) is 57.2 Å². The molecule has 1 amide bonds. The molecule has 158 valence electrons. The molecule has 0 radical (unpaired) electrons. The number of hydrogen-bond donors (Lipinski definition) is 0. The molecule has 1 aliphatic heterocycles. The molecular weight excluding hydrogens is 452 g/mol. The van der Waals surface area contributed by atoms with Crippen LogP contribution in [0.3, 0.4) is 0 Å². The van der Waals surface area contributed by atoms with Gasteiger partial charge in [-0.1, -0.05) is 0 Å². The van der Waals surface area contributed by atoms with Gasteiger partial charge >= 0.3 is 0 Å². The number of carbonyl (C=O) groups is 1. The highest BCUT2D eigenvalue weighted by Gasteiger charge is 2.33. The van der Waals surface area contributed by atoms with Crippen LogP contribution < -0.4 is 0 Å². The fourth-order valence-corrected chi connectivity index (χ4v) is 6.42. The number of halogens is 2. The number of rotatable bonds is 4. The van der Waals surface area contributed by atoms with Crippen LogP contribution in [-0.2, 0) is 10.0 Å². The zero-order valence-corrected chi connectivity index (χ0v) is 18.3. The number of hydrogen-bond acceptors (Lipinski definition) is 6. The molecule has 0 saturated carbocycles. The molecular formula is C19H17F2N3O3S3. The van der Waals surface area contributed by atoms with Crippen molar-refractivity contribution >= 4 is 38.6 Å². The summed E-state index contributed by atoms with van der Waals surface area (Å²) < 4.78 is 53.6. The smallest absolute Gasteiger partial charge is 0.265 e. The second-order valence-electron chi connectivity index (χ2n) is 6.72. The van der Waals surface area contributed by atoms with E-state index in [1.165, 1.54) is 11.3 Å². The molecule has 0 spiro atoms. The second-order valence-corrected chi connectivity index (χ2v) is 10.4. The summed E-state index contributed by atoms with van der Waals surface area (Å²) in [6.45, 7) is 2.18. The van der Waals surface area contributed by atoms with E-state index in [1.54, 1.807) is 23.2 Å². The van der Waals surface area contributed by atoms with Crippen LogP contribution in [0.1, 0.15) is 15.4 Å². The normalized spacial score (nSPS) is 15.5. The van der Waals surface area contributed by atoms with E-state index < -0.39 is 26.6 Å². The molecule has 1 aliphatic rings. The zero-order valence-electron chi connectivity index (χ0n) is 15.8. The van der Waals surface area contributed by atoms with Crippen LogP contribution in [0.25, 0.3) is 10.6 Å². The molecule has 0 atom stereocenters. The minimum atomic E-state index is -4.11. The first-order valence-electron chi connectivity index (χ1n) is 9.02. The summed E-state index contributed by atoms with van der Waals surface area (Å²) in [5.41, 5.74) is 1.60. The third-order valence-corrected chi connectivity index (χ3v) is 8.61.